The predicted octanol–water partition coefficient (Wildman–Crippen LogP) is 0.940. The van der Waals surface area contributed by atoms with Gasteiger partial charge in [-0.15, -0.1) is 0 Å². The number of ether oxygens (including phenoxy) is 1. The standard InChI is InChI=1S/C13H26N2O3/c1-5-14-13(3,11(16)17)10-15-8-6-7-12(2,9-15)18-4/h14H,5-10H2,1-4H3,(H,16,17). The van der Waals surface area contributed by atoms with Crippen LogP contribution in [-0.4, -0.2) is 60.4 Å². The molecule has 0 spiro atoms. The van der Waals surface area contributed by atoms with Crippen LogP contribution in [0.25, 0.3) is 0 Å². The van der Waals surface area contributed by atoms with E-state index in [1.807, 2.05) is 6.92 Å². The molecule has 5 nitrogen and oxygen atoms in total. The fourth-order valence-corrected chi connectivity index (χ4v) is 2.65. The van der Waals surface area contributed by atoms with E-state index < -0.39 is 11.5 Å². The van der Waals surface area contributed by atoms with E-state index in [1.54, 1.807) is 14.0 Å². The Morgan fingerprint density at radius 3 is 2.78 bits per heavy atom. The molecule has 0 radical (unpaired) electrons. The Kier molecular flexibility index (Phi) is 5.13. The number of carbonyl (C=O) groups is 1. The van der Waals surface area contributed by atoms with Crippen LogP contribution in [0.3, 0.4) is 0 Å². The van der Waals surface area contributed by atoms with Gasteiger partial charge < -0.3 is 15.2 Å². The summed E-state index contributed by atoms with van der Waals surface area (Å²) in [6.07, 6.45) is 2.08. The maximum atomic E-state index is 11.4. The van der Waals surface area contributed by atoms with Crippen molar-refractivity contribution in [3.8, 4) is 0 Å². The summed E-state index contributed by atoms with van der Waals surface area (Å²) in [5, 5.41) is 12.4. The predicted molar refractivity (Wildman–Crippen MR) is 70.8 cm³/mol. The Hall–Kier alpha value is -0.650. The first kappa shape index (κ1) is 15.4. The molecule has 0 aromatic heterocycles. The molecular formula is C13H26N2O3. The molecular weight excluding hydrogens is 232 g/mol. The Morgan fingerprint density at radius 2 is 2.28 bits per heavy atom. The van der Waals surface area contributed by atoms with Gasteiger partial charge in [-0.2, -0.15) is 0 Å². The van der Waals surface area contributed by atoms with Crippen molar-refractivity contribution in [1.29, 1.82) is 0 Å². The molecule has 5 heteroatoms. The van der Waals surface area contributed by atoms with Crippen LogP contribution in [0.4, 0.5) is 0 Å². The first-order valence-electron chi connectivity index (χ1n) is 6.61. The van der Waals surface area contributed by atoms with Gasteiger partial charge in [0.1, 0.15) is 5.54 Å². The van der Waals surface area contributed by atoms with Crippen molar-refractivity contribution in [3.05, 3.63) is 0 Å². The first-order chi connectivity index (χ1) is 8.35. The summed E-state index contributed by atoms with van der Waals surface area (Å²) in [4.78, 5) is 13.6. The van der Waals surface area contributed by atoms with Crippen LogP contribution in [0.1, 0.15) is 33.6 Å². The lowest BCUT2D eigenvalue weighted by atomic mass is 9.92. The summed E-state index contributed by atoms with van der Waals surface area (Å²) in [6.45, 7) is 8.65. The lowest BCUT2D eigenvalue weighted by Crippen LogP contribution is -2.60. The van der Waals surface area contributed by atoms with Crippen molar-refractivity contribution >= 4 is 5.97 Å². The second-order valence-electron chi connectivity index (χ2n) is 5.64. The molecule has 106 valence electrons. The summed E-state index contributed by atoms with van der Waals surface area (Å²) in [5.41, 5.74) is -1.04. The number of hydrogen-bond donors (Lipinski definition) is 2. The number of likely N-dealkylation sites (tertiary alicyclic amines) is 1. The monoisotopic (exact) mass is 258 g/mol. The minimum absolute atomic E-state index is 0.149. The zero-order chi connectivity index (χ0) is 13.8. The maximum absolute atomic E-state index is 11.4. The molecule has 2 N–H and O–H groups in total. The van der Waals surface area contributed by atoms with E-state index in [1.165, 1.54) is 0 Å². The third-order valence-electron chi connectivity index (χ3n) is 3.81. The Morgan fingerprint density at radius 1 is 1.61 bits per heavy atom. The number of piperidine rings is 1. The number of carboxylic acids is 1. The molecule has 0 bridgehead atoms. The fraction of sp³-hybridized carbons (Fsp3) is 0.923. The number of methoxy groups -OCH3 is 1. The fourth-order valence-electron chi connectivity index (χ4n) is 2.65. The molecule has 0 amide bonds. The summed E-state index contributed by atoms with van der Waals surface area (Å²) in [5.74, 6) is -0.797. The lowest BCUT2D eigenvalue weighted by Gasteiger charge is -2.42. The van der Waals surface area contributed by atoms with Gasteiger partial charge in [-0.3, -0.25) is 9.69 Å². The Bertz CT molecular complexity index is 298. The van der Waals surface area contributed by atoms with Crippen molar-refractivity contribution in [3.63, 3.8) is 0 Å². The van der Waals surface area contributed by atoms with Crippen LogP contribution in [0.15, 0.2) is 0 Å². The molecule has 1 aliphatic rings. The van der Waals surface area contributed by atoms with E-state index in [-0.39, 0.29) is 5.60 Å². The van der Waals surface area contributed by atoms with Gasteiger partial charge in [-0.25, -0.2) is 0 Å². The zero-order valence-corrected chi connectivity index (χ0v) is 12.0. The van der Waals surface area contributed by atoms with Gasteiger partial charge >= 0.3 is 5.97 Å². The van der Waals surface area contributed by atoms with Crippen LogP contribution < -0.4 is 5.32 Å². The summed E-state index contributed by atoms with van der Waals surface area (Å²) in [6, 6.07) is 0. The number of aliphatic carboxylic acids is 1. The third-order valence-corrected chi connectivity index (χ3v) is 3.81. The van der Waals surface area contributed by atoms with Crippen molar-refractivity contribution in [2.75, 3.05) is 33.3 Å². The van der Waals surface area contributed by atoms with Crippen LogP contribution in [-0.2, 0) is 9.53 Å². The number of rotatable bonds is 6. The highest BCUT2D eigenvalue weighted by Crippen LogP contribution is 2.25. The number of hydrogen-bond acceptors (Lipinski definition) is 4. The molecule has 0 aliphatic carbocycles. The topological polar surface area (TPSA) is 61.8 Å². The third kappa shape index (κ3) is 3.67. The number of nitrogens with zero attached hydrogens (tertiary/aromatic N) is 1. The molecule has 1 heterocycles. The van der Waals surface area contributed by atoms with Gasteiger partial charge in [0.05, 0.1) is 5.60 Å². The van der Waals surface area contributed by atoms with Crippen molar-refractivity contribution in [2.24, 2.45) is 0 Å². The Labute approximate surface area is 109 Å². The van der Waals surface area contributed by atoms with Gasteiger partial charge in [0.25, 0.3) is 0 Å². The van der Waals surface area contributed by atoms with Crippen molar-refractivity contribution < 1.29 is 14.6 Å². The van der Waals surface area contributed by atoms with Crippen LogP contribution in [0.5, 0.6) is 0 Å². The van der Waals surface area contributed by atoms with Gasteiger partial charge in [0.15, 0.2) is 0 Å². The van der Waals surface area contributed by atoms with Crippen LogP contribution in [0.2, 0.25) is 0 Å². The zero-order valence-electron chi connectivity index (χ0n) is 12.0. The minimum Gasteiger partial charge on any atom is -0.480 e. The molecule has 1 saturated heterocycles. The van der Waals surface area contributed by atoms with Gasteiger partial charge in [-0.1, -0.05) is 6.92 Å². The molecule has 2 unspecified atom stereocenters. The molecule has 18 heavy (non-hydrogen) atoms. The largest absolute Gasteiger partial charge is 0.480 e. The van der Waals surface area contributed by atoms with E-state index in [9.17, 15) is 9.90 Å². The minimum atomic E-state index is -0.888. The summed E-state index contributed by atoms with van der Waals surface area (Å²) < 4.78 is 5.53. The molecule has 2 atom stereocenters. The second-order valence-corrected chi connectivity index (χ2v) is 5.64. The number of nitrogens with one attached hydrogen (secondary N) is 1. The molecule has 0 aromatic carbocycles. The van der Waals surface area contributed by atoms with E-state index in [0.717, 1.165) is 25.9 Å². The van der Waals surface area contributed by atoms with Crippen LogP contribution in [0, 0.1) is 0 Å². The quantitative estimate of drug-likeness (QED) is 0.742. The highest BCUT2D eigenvalue weighted by atomic mass is 16.5. The SMILES string of the molecule is CCNC(C)(CN1CCCC(C)(OC)C1)C(=O)O. The molecule has 0 aromatic rings. The van der Waals surface area contributed by atoms with Crippen molar-refractivity contribution in [2.45, 2.75) is 44.8 Å². The molecule has 1 rings (SSSR count). The molecule has 0 saturated carbocycles. The van der Waals surface area contributed by atoms with E-state index in [2.05, 4.69) is 17.1 Å². The molecule has 1 fully saturated rings. The lowest BCUT2D eigenvalue weighted by molar-refractivity contribution is -0.146. The molecule has 1 aliphatic heterocycles. The van der Waals surface area contributed by atoms with E-state index in [4.69, 9.17) is 4.74 Å². The normalized spacial score (nSPS) is 28.9. The van der Waals surface area contributed by atoms with Gasteiger partial charge in [0, 0.05) is 20.2 Å². The van der Waals surface area contributed by atoms with Crippen LogP contribution >= 0.6 is 0 Å². The van der Waals surface area contributed by atoms with Gasteiger partial charge in [0.2, 0.25) is 0 Å². The average Bonchev–Trinajstić information content (AvgIpc) is 2.29. The first-order valence-corrected chi connectivity index (χ1v) is 6.61. The van der Waals surface area contributed by atoms with Gasteiger partial charge in [-0.05, 0) is 39.8 Å². The smallest absolute Gasteiger partial charge is 0.324 e. The Balaban J connectivity index is 2.67. The second kappa shape index (κ2) is 5.99. The number of likely N-dealkylation sites (N-methyl/N-ethyl adjacent to an activating group) is 1. The number of carboxylic acid groups (broad SMARTS) is 1. The average molecular weight is 258 g/mol. The highest BCUT2D eigenvalue weighted by Gasteiger charge is 2.38. The highest BCUT2D eigenvalue weighted by molar-refractivity contribution is 5.78. The van der Waals surface area contributed by atoms with E-state index in [0.29, 0.717) is 13.1 Å². The van der Waals surface area contributed by atoms with E-state index >= 15 is 0 Å². The van der Waals surface area contributed by atoms with Crippen molar-refractivity contribution in [1.82, 2.24) is 10.2 Å². The summed E-state index contributed by atoms with van der Waals surface area (Å²) in [7, 11) is 1.73. The maximum Gasteiger partial charge on any atom is 0.324 e. The summed E-state index contributed by atoms with van der Waals surface area (Å²) >= 11 is 0.